The molecule has 1 aromatic carbocycles. The molecule has 6 nitrogen and oxygen atoms in total. The Kier molecular flexibility index (Phi) is 4.10. The number of methoxy groups -OCH3 is 1. The second-order valence-electron chi connectivity index (χ2n) is 3.93. The van der Waals surface area contributed by atoms with Crippen molar-refractivity contribution in [2.24, 2.45) is 0 Å². The highest BCUT2D eigenvalue weighted by Gasteiger charge is 2.17. The van der Waals surface area contributed by atoms with Gasteiger partial charge in [0.25, 0.3) is 10.0 Å². The Morgan fingerprint density at radius 2 is 2.05 bits per heavy atom. The van der Waals surface area contributed by atoms with Crippen molar-refractivity contribution < 1.29 is 13.2 Å². The third-order valence-corrected chi connectivity index (χ3v) is 4.24. The molecule has 1 aromatic heterocycles. The number of halogens is 1. The van der Waals surface area contributed by atoms with Crippen molar-refractivity contribution in [2.75, 3.05) is 11.8 Å². The number of ether oxygens (including phenoxy) is 1. The molecule has 1 N–H and O–H groups in total. The summed E-state index contributed by atoms with van der Waals surface area (Å²) >= 11 is 5.93. The first-order valence-corrected chi connectivity index (χ1v) is 7.45. The van der Waals surface area contributed by atoms with Crippen LogP contribution >= 0.6 is 11.6 Å². The summed E-state index contributed by atoms with van der Waals surface area (Å²) in [5.74, 6) is 0.410. The highest BCUT2D eigenvalue weighted by Crippen LogP contribution is 2.28. The molecule has 8 heteroatoms. The maximum Gasteiger partial charge on any atom is 0.262 e. The van der Waals surface area contributed by atoms with E-state index in [4.69, 9.17) is 16.3 Å². The quantitative estimate of drug-likeness (QED) is 0.936. The van der Waals surface area contributed by atoms with Crippen LogP contribution in [0.5, 0.6) is 5.75 Å². The molecule has 0 atom stereocenters. The molecular weight excluding hydrogens is 302 g/mol. The third-order valence-electron chi connectivity index (χ3n) is 2.58. The van der Waals surface area contributed by atoms with Crippen LogP contribution in [-0.4, -0.2) is 25.7 Å². The molecule has 0 radical (unpaired) electrons. The zero-order valence-electron chi connectivity index (χ0n) is 10.8. The fourth-order valence-corrected chi connectivity index (χ4v) is 2.99. The van der Waals surface area contributed by atoms with Gasteiger partial charge in [-0.3, -0.25) is 4.72 Å². The Morgan fingerprint density at radius 3 is 2.65 bits per heavy atom. The molecular formula is C12H12ClN3O3S. The number of sulfonamides is 1. The predicted octanol–water partition coefficient (Wildman–Crippen LogP) is 2.25. The highest BCUT2D eigenvalue weighted by molar-refractivity contribution is 7.92. The summed E-state index contributed by atoms with van der Waals surface area (Å²) in [6.07, 6.45) is 1.41. The summed E-state index contributed by atoms with van der Waals surface area (Å²) in [7, 11) is -2.28. The van der Waals surface area contributed by atoms with E-state index in [1.807, 2.05) is 0 Å². The van der Waals surface area contributed by atoms with E-state index >= 15 is 0 Å². The molecule has 0 unspecified atom stereocenters. The van der Waals surface area contributed by atoms with Gasteiger partial charge in [-0.1, -0.05) is 11.6 Å². The van der Waals surface area contributed by atoms with E-state index in [1.54, 1.807) is 6.92 Å². The number of nitrogens with zero attached hydrogens (tertiary/aromatic N) is 2. The third kappa shape index (κ3) is 3.00. The summed E-state index contributed by atoms with van der Waals surface area (Å²) in [4.78, 5) is 0.0412. The van der Waals surface area contributed by atoms with Gasteiger partial charge in [0.15, 0.2) is 0 Å². The van der Waals surface area contributed by atoms with Crippen LogP contribution in [0.15, 0.2) is 35.4 Å². The van der Waals surface area contributed by atoms with Crippen LogP contribution in [0.2, 0.25) is 5.02 Å². The Hall–Kier alpha value is -1.86. The second-order valence-corrected chi connectivity index (χ2v) is 6.02. The lowest BCUT2D eigenvalue weighted by Gasteiger charge is -2.10. The van der Waals surface area contributed by atoms with Gasteiger partial charge < -0.3 is 4.74 Å². The van der Waals surface area contributed by atoms with E-state index in [9.17, 15) is 8.42 Å². The fourth-order valence-electron chi connectivity index (χ4n) is 1.53. The highest BCUT2D eigenvalue weighted by atomic mass is 35.5. The molecule has 0 aliphatic heterocycles. The lowest BCUT2D eigenvalue weighted by molar-refractivity contribution is 0.414. The van der Waals surface area contributed by atoms with Crippen LogP contribution in [0.25, 0.3) is 0 Å². The number of hydrogen-bond acceptors (Lipinski definition) is 5. The molecule has 0 aliphatic carbocycles. The smallest absolute Gasteiger partial charge is 0.262 e. The fraction of sp³-hybridized carbons (Fsp3) is 0.167. The first-order valence-electron chi connectivity index (χ1n) is 5.58. The molecule has 106 valence electrons. The Labute approximate surface area is 121 Å². The molecule has 0 aliphatic rings. The molecule has 2 aromatic rings. The normalized spacial score (nSPS) is 11.2. The van der Waals surface area contributed by atoms with Crippen molar-refractivity contribution in [3.05, 3.63) is 41.2 Å². The summed E-state index contributed by atoms with van der Waals surface area (Å²) in [6, 6.07) is 5.77. The predicted molar refractivity (Wildman–Crippen MR) is 75.6 cm³/mol. The van der Waals surface area contributed by atoms with Crippen LogP contribution in [0.3, 0.4) is 0 Å². The van der Waals surface area contributed by atoms with Gasteiger partial charge >= 0.3 is 0 Å². The number of aromatic nitrogens is 2. The van der Waals surface area contributed by atoms with Gasteiger partial charge in [0.05, 0.1) is 34.6 Å². The van der Waals surface area contributed by atoms with Crippen LogP contribution in [0, 0.1) is 6.92 Å². The van der Waals surface area contributed by atoms with Gasteiger partial charge in [-0.2, -0.15) is 10.2 Å². The lowest BCUT2D eigenvalue weighted by Crippen LogP contribution is -2.14. The number of rotatable bonds is 4. The van der Waals surface area contributed by atoms with Gasteiger partial charge in [0.1, 0.15) is 5.75 Å². The lowest BCUT2D eigenvalue weighted by atomic mass is 10.3. The summed E-state index contributed by atoms with van der Waals surface area (Å²) < 4.78 is 31.9. The van der Waals surface area contributed by atoms with Gasteiger partial charge in [-0.15, -0.1) is 0 Å². The number of anilines is 1. The van der Waals surface area contributed by atoms with Crippen molar-refractivity contribution in [1.82, 2.24) is 10.2 Å². The molecule has 0 spiro atoms. The maximum atomic E-state index is 12.2. The van der Waals surface area contributed by atoms with Crippen LogP contribution in [0.4, 0.5) is 5.69 Å². The Balaban J connectivity index is 2.36. The van der Waals surface area contributed by atoms with Crippen LogP contribution in [-0.2, 0) is 10.0 Å². The summed E-state index contributed by atoms with van der Waals surface area (Å²) in [5.41, 5.74) is 0.850. The monoisotopic (exact) mass is 313 g/mol. The largest absolute Gasteiger partial charge is 0.495 e. The Morgan fingerprint density at radius 1 is 1.30 bits per heavy atom. The molecule has 2 rings (SSSR count). The second kappa shape index (κ2) is 5.64. The van der Waals surface area contributed by atoms with Crippen molar-refractivity contribution in [2.45, 2.75) is 11.8 Å². The molecule has 20 heavy (non-hydrogen) atoms. The summed E-state index contributed by atoms with van der Waals surface area (Å²) in [5, 5.41) is 7.66. The zero-order valence-corrected chi connectivity index (χ0v) is 12.4. The SMILES string of the molecule is COc1ccc(S(=O)(=O)Nc2ccnnc2C)cc1Cl. The number of nitrogens with one attached hydrogen (secondary N) is 1. The first kappa shape index (κ1) is 14.5. The number of benzene rings is 1. The topological polar surface area (TPSA) is 81.2 Å². The molecule has 0 fully saturated rings. The minimum Gasteiger partial charge on any atom is -0.495 e. The van der Waals surface area contributed by atoms with Gasteiger partial charge in [-0.05, 0) is 31.2 Å². The molecule has 0 saturated heterocycles. The molecule has 0 bridgehead atoms. The minimum absolute atomic E-state index is 0.0412. The van der Waals surface area contributed by atoms with Crippen molar-refractivity contribution in [1.29, 1.82) is 0 Å². The number of hydrogen-bond donors (Lipinski definition) is 1. The van der Waals surface area contributed by atoms with Gasteiger partial charge in [-0.25, -0.2) is 8.42 Å². The average molecular weight is 314 g/mol. The van der Waals surface area contributed by atoms with E-state index < -0.39 is 10.0 Å². The van der Waals surface area contributed by atoms with Crippen molar-refractivity contribution in [3.63, 3.8) is 0 Å². The molecule has 0 saturated carbocycles. The van der Waals surface area contributed by atoms with Gasteiger partial charge in [0, 0.05) is 0 Å². The van der Waals surface area contributed by atoms with Gasteiger partial charge in [0.2, 0.25) is 0 Å². The summed E-state index contributed by atoms with van der Waals surface area (Å²) in [6.45, 7) is 1.66. The zero-order chi connectivity index (χ0) is 14.8. The maximum absolute atomic E-state index is 12.2. The van der Waals surface area contributed by atoms with E-state index in [0.29, 0.717) is 17.1 Å². The number of aryl methyl sites for hydroxylation is 1. The molecule has 0 amide bonds. The first-order chi connectivity index (χ1) is 9.44. The van der Waals surface area contributed by atoms with Crippen molar-refractivity contribution in [3.8, 4) is 5.75 Å². The van der Waals surface area contributed by atoms with Crippen molar-refractivity contribution >= 4 is 27.3 Å². The van der Waals surface area contributed by atoms with Crippen LogP contribution < -0.4 is 9.46 Å². The molecule has 1 heterocycles. The van der Waals surface area contributed by atoms with E-state index in [-0.39, 0.29) is 9.92 Å². The van der Waals surface area contributed by atoms with E-state index in [2.05, 4.69) is 14.9 Å². The van der Waals surface area contributed by atoms with E-state index in [0.717, 1.165) is 0 Å². The Bertz CT molecular complexity index is 734. The average Bonchev–Trinajstić information content (AvgIpc) is 2.41. The van der Waals surface area contributed by atoms with Crippen LogP contribution in [0.1, 0.15) is 5.69 Å². The minimum atomic E-state index is -3.74. The standard InChI is InChI=1S/C12H12ClN3O3S/c1-8-11(5-6-14-15-8)16-20(17,18)9-3-4-12(19-2)10(13)7-9/h3-7H,1-2H3,(H,14,16). The van der Waals surface area contributed by atoms with E-state index in [1.165, 1.54) is 37.6 Å².